The van der Waals surface area contributed by atoms with Gasteiger partial charge in [0.1, 0.15) is 5.52 Å². The van der Waals surface area contributed by atoms with E-state index >= 15 is 0 Å². The summed E-state index contributed by atoms with van der Waals surface area (Å²) in [5.41, 5.74) is 2.73. The van der Waals surface area contributed by atoms with E-state index in [1.165, 1.54) is 6.42 Å². The van der Waals surface area contributed by atoms with Crippen molar-refractivity contribution in [2.75, 3.05) is 5.32 Å². The number of nitrogens with zero attached hydrogens (tertiary/aromatic N) is 3. The topological polar surface area (TPSA) is 59.8 Å². The van der Waals surface area contributed by atoms with Gasteiger partial charge in [-0.25, -0.2) is 9.97 Å². The van der Waals surface area contributed by atoms with Crippen LogP contribution in [0.2, 0.25) is 0 Å². The maximum absolute atomic E-state index is 12.2. The molecule has 0 aromatic carbocycles. The van der Waals surface area contributed by atoms with E-state index < -0.39 is 0 Å². The second-order valence-electron chi connectivity index (χ2n) is 6.45. The van der Waals surface area contributed by atoms with Crippen LogP contribution in [-0.4, -0.2) is 20.4 Å². The van der Waals surface area contributed by atoms with Crippen LogP contribution in [0.4, 0.5) is 5.95 Å². The molecule has 3 rings (SSSR count). The minimum atomic E-state index is 0. The molecule has 1 aliphatic rings. The Morgan fingerprint density at radius 1 is 1.39 bits per heavy atom. The molecule has 1 atom stereocenters. The molecule has 1 amide bonds. The van der Waals surface area contributed by atoms with E-state index in [1.54, 1.807) is 0 Å². The lowest BCUT2D eigenvalue weighted by atomic mass is 9.93. The van der Waals surface area contributed by atoms with E-state index in [2.05, 4.69) is 33.7 Å². The summed E-state index contributed by atoms with van der Waals surface area (Å²) in [5, 5.41) is 3.01. The molecule has 0 spiro atoms. The number of carbonyl (C=O) groups is 1. The normalized spacial score (nSPS) is 15.8. The molecule has 0 aliphatic heterocycles. The Bertz CT molecular complexity index is 688. The smallest absolute Gasteiger partial charge is 0.226 e. The van der Waals surface area contributed by atoms with Gasteiger partial charge in [0.2, 0.25) is 11.9 Å². The van der Waals surface area contributed by atoms with Crippen molar-refractivity contribution >= 4 is 23.0 Å². The molecule has 23 heavy (non-hydrogen) atoms. The number of fused-ring (bicyclic) bond motifs is 1. The highest BCUT2D eigenvalue weighted by atomic mass is 16.1. The largest absolute Gasteiger partial charge is 0.296 e. The lowest BCUT2D eigenvalue weighted by Gasteiger charge is -2.28. The van der Waals surface area contributed by atoms with Crippen molar-refractivity contribution in [2.45, 2.75) is 66.3 Å². The van der Waals surface area contributed by atoms with Gasteiger partial charge in [0.15, 0.2) is 5.65 Å². The zero-order valence-electron chi connectivity index (χ0n) is 13.6. The first-order valence-electron chi connectivity index (χ1n) is 8.24. The maximum Gasteiger partial charge on any atom is 0.226 e. The summed E-state index contributed by atoms with van der Waals surface area (Å²) < 4.78 is 2.13. The average Bonchev–Trinajstić information content (AvgIpc) is 2.75. The van der Waals surface area contributed by atoms with E-state index in [1.807, 2.05) is 19.1 Å². The summed E-state index contributed by atoms with van der Waals surface area (Å²) in [6.45, 7) is 6.19. The third-order valence-corrected chi connectivity index (χ3v) is 4.60. The average molecular weight is 316 g/mol. The van der Waals surface area contributed by atoms with Crippen LogP contribution in [0.1, 0.15) is 65.1 Å². The van der Waals surface area contributed by atoms with Crippen molar-refractivity contribution < 1.29 is 4.79 Å². The van der Waals surface area contributed by atoms with Crippen LogP contribution >= 0.6 is 0 Å². The molecule has 0 bridgehead atoms. The summed E-state index contributed by atoms with van der Waals surface area (Å²) in [6.07, 6.45) is 5.05. The lowest BCUT2D eigenvalue weighted by molar-refractivity contribution is -0.117. The molecule has 0 radical (unpaired) electrons. The molecule has 1 unspecified atom stereocenters. The van der Waals surface area contributed by atoms with Crippen LogP contribution in [0.5, 0.6) is 0 Å². The van der Waals surface area contributed by atoms with Crippen LogP contribution in [0.15, 0.2) is 12.1 Å². The Morgan fingerprint density at radius 3 is 2.74 bits per heavy atom. The number of carbonyl (C=O) groups excluding carboxylic acids is 1. The summed E-state index contributed by atoms with van der Waals surface area (Å²) >= 11 is 0. The molecular weight excluding hydrogens is 288 g/mol. The predicted octanol–water partition coefficient (Wildman–Crippen LogP) is 4.48. The molecule has 5 heteroatoms. The molecule has 1 saturated carbocycles. The van der Waals surface area contributed by atoms with E-state index in [4.69, 9.17) is 0 Å². The van der Waals surface area contributed by atoms with Gasteiger partial charge in [-0.05, 0) is 44.2 Å². The first kappa shape index (κ1) is 17.4. The Morgan fingerprint density at radius 2 is 2.13 bits per heavy atom. The number of aryl methyl sites for hydroxylation is 1. The molecule has 2 aromatic rings. The highest BCUT2D eigenvalue weighted by molar-refractivity contribution is 5.91. The number of nitrogens with one attached hydrogen (secondary N) is 1. The van der Waals surface area contributed by atoms with Crippen LogP contribution in [0.25, 0.3) is 11.2 Å². The molecule has 1 N–H and O–H groups in total. The molecule has 0 saturated heterocycles. The SMILES string of the molecule is C.CCC(C)CC(=O)Nc1nc2ccc(C)nc2n1C1CCC1. The van der Waals surface area contributed by atoms with Gasteiger partial charge in [0, 0.05) is 18.2 Å². The van der Waals surface area contributed by atoms with Crippen molar-refractivity contribution in [2.24, 2.45) is 5.92 Å². The van der Waals surface area contributed by atoms with Crippen molar-refractivity contribution in [3.05, 3.63) is 17.8 Å². The monoisotopic (exact) mass is 316 g/mol. The van der Waals surface area contributed by atoms with Gasteiger partial charge in [-0.1, -0.05) is 27.7 Å². The van der Waals surface area contributed by atoms with Crippen molar-refractivity contribution in [3.63, 3.8) is 0 Å². The second kappa shape index (κ2) is 7.11. The third-order valence-electron chi connectivity index (χ3n) is 4.60. The molecule has 126 valence electrons. The van der Waals surface area contributed by atoms with Gasteiger partial charge in [-0.15, -0.1) is 0 Å². The first-order chi connectivity index (χ1) is 10.6. The van der Waals surface area contributed by atoms with Gasteiger partial charge in [-0.2, -0.15) is 0 Å². The van der Waals surface area contributed by atoms with Crippen LogP contribution in [-0.2, 0) is 4.79 Å². The number of pyridine rings is 1. The first-order valence-corrected chi connectivity index (χ1v) is 8.24. The Balaban J connectivity index is 0.00000192. The third kappa shape index (κ3) is 3.54. The molecule has 5 nitrogen and oxygen atoms in total. The number of hydrogen-bond acceptors (Lipinski definition) is 3. The molecule has 2 heterocycles. The standard InChI is InChI=1S/C17H24N4O.CH4/c1-4-11(2)10-15(22)20-17-19-14-9-8-12(3)18-16(14)21(17)13-6-5-7-13;/h8-9,11,13H,4-7,10H2,1-3H3,(H,19,20,22);1H4. The van der Waals surface area contributed by atoms with Gasteiger partial charge in [-0.3, -0.25) is 14.7 Å². The number of hydrogen-bond donors (Lipinski definition) is 1. The fourth-order valence-electron chi connectivity index (χ4n) is 2.78. The molecule has 1 aliphatic carbocycles. The summed E-state index contributed by atoms with van der Waals surface area (Å²) in [4.78, 5) is 21.5. The summed E-state index contributed by atoms with van der Waals surface area (Å²) in [6, 6.07) is 4.36. The molecule has 1 fully saturated rings. The van der Waals surface area contributed by atoms with Gasteiger partial charge in [0.25, 0.3) is 0 Å². The number of rotatable bonds is 5. The Hall–Kier alpha value is -1.91. The fourth-order valence-corrected chi connectivity index (χ4v) is 2.78. The minimum absolute atomic E-state index is 0. The van der Waals surface area contributed by atoms with E-state index in [0.29, 0.717) is 24.3 Å². The van der Waals surface area contributed by atoms with Crippen LogP contribution in [0, 0.1) is 12.8 Å². The van der Waals surface area contributed by atoms with Gasteiger partial charge in [0.05, 0.1) is 0 Å². The number of aromatic nitrogens is 3. The van der Waals surface area contributed by atoms with Crippen LogP contribution < -0.4 is 5.32 Å². The minimum Gasteiger partial charge on any atom is -0.296 e. The number of amides is 1. The number of anilines is 1. The highest BCUT2D eigenvalue weighted by Crippen LogP contribution is 2.36. The van der Waals surface area contributed by atoms with Crippen molar-refractivity contribution in [1.29, 1.82) is 0 Å². The van der Waals surface area contributed by atoms with Gasteiger partial charge >= 0.3 is 0 Å². The molecular formula is C18H28N4O. The second-order valence-corrected chi connectivity index (χ2v) is 6.45. The van der Waals surface area contributed by atoms with Crippen LogP contribution in [0.3, 0.4) is 0 Å². The zero-order chi connectivity index (χ0) is 15.7. The predicted molar refractivity (Wildman–Crippen MR) is 94.6 cm³/mol. The fraction of sp³-hybridized carbons (Fsp3) is 0.611. The van der Waals surface area contributed by atoms with Crippen molar-refractivity contribution in [3.8, 4) is 0 Å². The summed E-state index contributed by atoms with van der Waals surface area (Å²) in [7, 11) is 0. The van der Waals surface area contributed by atoms with E-state index in [9.17, 15) is 4.79 Å². The lowest BCUT2D eigenvalue weighted by Crippen LogP contribution is -2.23. The Kier molecular flexibility index (Phi) is 5.39. The quantitative estimate of drug-likeness (QED) is 0.885. The Labute approximate surface area is 138 Å². The highest BCUT2D eigenvalue weighted by Gasteiger charge is 2.26. The number of imidazole rings is 1. The van der Waals surface area contributed by atoms with Crippen molar-refractivity contribution in [1.82, 2.24) is 14.5 Å². The van der Waals surface area contributed by atoms with E-state index in [0.717, 1.165) is 36.1 Å². The zero-order valence-corrected chi connectivity index (χ0v) is 13.6. The molecule has 2 aromatic heterocycles. The maximum atomic E-state index is 12.2. The van der Waals surface area contributed by atoms with Gasteiger partial charge < -0.3 is 0 Å². The summed E-state index contributed by atoms with van der Waals surface area (Å²) in [5.74, 6) is 1.09. The van der Waals surface area contributed by atoms with E-state index in [-0.39, 0.29) is 13.3 Å².